The van der Waals surface area contributed by atoms with Gasteiger partial charge >= 0.3 is 0 Å². The second-order valence-electron chi connectivity index (χ2n) is 5.41. The summed E-state index contributed by atoms with van der Waals surface area (Å²) >= 11 is 0. The Morgan fingerprint density at radius 2 is 1.89 bits per heavy atom. The lowest BCUT2D eigenvalue weighted by Crippen LogP contribution is -2.23. The van der Waals surface area contributed by atoms with E-state index in [9.17, 15) is 25.1 Å². The van der Waals surface area contributed by atoms with Gasteiger partial charge in [0.25, 0.3) is 11.6 Å². The molecule has 8 nitrogen and oxygen atoms in total. The number of allylic oxidation sites excluding steroid dienone is 2. The standard InChI is InChI=1S/C19H15N3O5/c20-11-15(3-1-2-13-4-7-16(8-5-13)22(26)27)19(25)21-12-14-6-9-17(23)18(24)10-14/h1-10,23-24H,12H2,(H,21,25). The molecule has 136 valence electrons. The molecule has 27 heavy (non-hydrogen) atoms. The van der Waals surface area contributed by atoms with Crippen molar-refractivity contribution in [1.82, 2.24) is 5.32 Å². The third-order valence-electron chi connectivity index (χ3n) is 3.51. The summed E-state index contributed by atoms with van der Waals surface area (Å²) in [6.07, 6.45) is 4.42. The maximum absolute atomic E-state index is 12.0. The molecule has 0 fully saturated rings. The first kappa shape index (κ1) is 19.2. The molecule has 0 radical (unpaired) electrons. The van der Waals surface area contributed by atoms with E-state index in [2.05, 4.69) is 5.32 Å². The number of nitrogens with zero attached hydrogens (tertiary/aromatic N) is 2. The molecule has 0 bridgehead atoms. The number of hydrogen-bond donors (Lipinski definition) is 3. The Bertz CT molecular complexity index is 956. The zero-order chi connectivity index (χ0) is 19.8. The van der Waals surface area contributed by atoms with Gasteiger partial charge in [0.2, 0.25) is 0 Å². The summed E-state index contributed by atoms with van der Waals surface area (Å²) in [6, 6.07) is 11.7. The highest BCUT2D eigenvalue weighted by Crippen LogP contribution is 2.24. The summed E-state index contributed by atoms with van der Waals surface area (Å²) < 4.78 is 0. The third kappa shape index (κ3) is 5.44. The number of nitriles is 1. The van der Waals surface area contributed by atoms with Gasteiger partial charge in [0.15, 0.2) is 11.5 Å². The highest BCUT2D eigenvalue weighted by Gasteiger charge is 2.08. The largest absolute Gasteiger partial charge is 0.504 e. The number of amides is 1. The summed E-state index contributed by atoms with van der Waals surface area (Å²) in [4.78, 5) is 22.1. The van der Waals surface area contributed by atoms with Crippen molar-refractivity contribution in [3.05, 3.63) is 81.4 Å². The number of nitro benzene ring substituents is 1. The van der Waals surface area contributed by atoms with Crippen LogP contribution in [0.5, 0.6) is 11.5 Å². The van der Waals surface area contributed by atoms with Gasteiger partial charge in [0.05, 0.1) is 4.92 Å². The zero-order valence-electron chi connectivity index (χ0n) is 14.0. The van der Waals surface area contributed by atoms with Gasteiger partial charge in [-0.15, -0.1) is 0 Å². The number of carbonyl (C=O) groups excluding carboxylic acids is 1. The van der Waals surface area contributed by atoms with E-state index in [0.29, 0.717) is 11.1 Å². The Morgan fingerprint density at radius 3 is 2.48 bits per heavy atom. The molecular formula is C19H15N3O5. The van der Waals surface area contributed by atoms with E-state index in [1.54, 1.807) is 24.3 Å². The molecule has 2 rings (SSSR count). The minimum Gasteiger partial charge on any atom is -0.504 e. The van der Waals surface area contributed by atoms with Crippen molar-refractivity contribution >= 4 is 17.7 Å². The number of benzene rings is 2. The Kier molecular flexibility index (Phi) is 6.28. The van der Waals surface area contributed by atoms with E-state index >= 15 is 0 Å². The summed E-state index contributed by atoms with van der Waals surface area (Å²) in [6.45, 7) is 0.0672. The summed E-state index contributed by atoms with van der Waals surface area (Å²) in [5, 5.41) is 40.9. The van der Waals surface area contributed by atoms with Crippen molar-refractivity contribution < 1.29 is 19.9 Å². The van der Waals surface area contributed by atoms with Crippen LogP contribution in [0.1, 0.15) is 11.1 Å². The van der Waals surface area contributed by atoms with Crippen LogP contribution in [-0.2, 0) is 11.3 Å². The lowest BCUT2D eigenvalue weighted by molar-refractivity contribution is -0.384. The molecule has 0 saturated carbocycles. The Hall–Kier alpha value is -4.12. The predicted molar refractivity (Wildman–Crippen MR) is 97.4 cm³/mol. The Morgan fingerprint density at radius 1 is 1.19 bits per heavy atom. The van der Waals surface area contributed by atoms with Gasteiger partial charge in [-0.1, -0.05) is 18.2 Å². The van der Waals surface area contributed by atoms with Gasteiger partial charge in [-0.2, -0.15) is 5.26 Å². The van der Waals surface area contributed by atoms with Crippen LogP contribution >= 0.6 is 0 Å². The van der Waals surface area contributed by atoms with Gasteiger partial charge < -0.3 is 15.5 Å². The van der Waals surface area contributed by atoms with E-state index in [-0.39, 0.29) is 29.3 Å². The Labute approximate surface area is 154 Å². The lowest BCUT2D eigenvalue weighted by atomic mass is 10.1. The van der Waals surface area contributed by atoms with Crippen molar-refractivity contribution in [2.45, 2.75) is 6.54 Å². The van der Waals surface area contributed by atoms with Gasteiger partial charge in [0, 0.05) is 18.7 Å². The molecule has 0 unspecified atom stereocenters. The lowest BCUT2D eigenvalue weighted by Gasteiger charge is -2.05. The number of hydrogen-bond acceptors (Lipinski definition) is 6. The van der Waals surface area contributed by atoms with Crippen LogP contribution < -0.4 is 5.32 Å². The molecule has 3 N–H and O–H groups in total. The number of nitrogens with one attached hydrogen (secondary N) is 1. The topological polar surface area (TPSA) is 136 Å². The summed E-state index contributed by atoms with van der Waals surface area (Å²) in [5.41, 5.74) is 1.07. The minimum atomic E-state index is -0.599. The number of phenols is 2. The van der Waals surface area contributed by atoms with E-state index in [1.165, 1.54) is 42.5 Å². The smallest absolute Gasteiger partial charge is 0.269 e. The van der Waals surface area contributed by atoms with Crippen LogP contribution in [0.2, 0.25) is 0 Å². The molecule has 0 spiro atoms. The molecule has 8 heteroatoms. The van der Waals surface area contributed by atoms with E-state index in [4.69, 9.17) is 5.26 Å². The van der Waals surface area contributed by atoms with Crippen LogP contribution in [0, 0.1) is 21.4 Å². The van der Waals surface area contributed by atoms with Crippen molar-refractivity contribution in [2.75, 3.05) is 0 Å². The van der Waals surface area contributed by atoms with E-state index < -0.39 is 10.8 Å². The maximum atomic E-state index is 12.0. The van der Waals surface area contributed by atoms with E-state index in [0.717, 1.165) is 0 Å². The first-order valence-electron chi connectivity index (χ1n) is 7.72. The second-order valence-corrected chi connectivity index (χ2v) is 5.41. The number of rotatable bonds is 6. The predicted octanol–water partition coefficient (Wildman–Crippen LogP) is 2.79. The first-order valence-corrected chi connectivity index (χ1v) is 7.72. The fourth-order valence-corrected chi connectivity index (χ4v) is 2.08. The minimum absolute atomic E-state index is 0.0277. The van der Waals surface area contributed by atoms with Crippen molar-refractivity contribution in [3.8, 4) is 17.6 Å². The van der Waals surface area contributed by atoms with Crippen LogP contribution in [0.25, 0.3) is 6.08 Å². The van der Waals surface area contributed by atoms with E-state index in [1.807, 2.05) is 0 Å². The highest BCUT2D eigenvalue weighted by atomic mass is 16.6. The van der Waals surface area contributed by atoms with Crippen molar-refractivity contribution in [3.63, 3.8) is 0 Å². The molecule has 1 amide bonds. The average Bonchev–Trinajstić information content (AvgIpc) is 2.66. The molecule has 0 aliphatic heterocycles. The SMILES string of the molecule is N#CC(=CC=Cc1ccc([N+](=O)[O-])cc1)C(=O)NCc1ccc(O)c(O)c1. The molecule has 0 aliphatic rings. The third-order valence-corrected chi connectivity index (χ3v) is 3.51. The summed E-state index contributed by atoms with van der Waals surface area (Å²) in [7, 11) is 0. The van der Waals surface area contributed by atoms with Gasteiger partial charge in [-0.05, 0) is 41.5 Å². The molecule has 0 heterocycles. The molecule has 0 aliphatic carbocycles. The van der Waals surface area contributed by atoms with Crippen molar-refractivity contribution in [1.29, 1.82) is 5.26 Å². The summed E-state index contributed by atoms with van der Waals surface area (Å²) in [5.74, 6) is -1.17. The monoisotopic (exact) mass is 365 g/mol. The number of nitro groups is 1. The molecule has 0 saturated heterocycles. The number of phenolic OH excluding ortho intramolecular Hbond substituents is 2. The second kappa shape index (κ2) is 8.82. The highest BCUT2D eigenvalue weighted by molar-refractivity contribution is 5.97. The van der Waals surface area contributed by atoms with Gasteiger partial charge in [-0.3, -0.25) is 14.9 Å². The fraction of sp³-hybridized carbons (Fsp3) is 0.0526. The maximum Gasteiger partial charge on any atom is 0.269 e. The van der Waals surface area contributed by atoms with Crippen LogP contribution in [0.3, 0.4) is 0 Å². The van der Waals surface area contributed by atoms with Gasteiger partial charge in [0.1, 0.15) is 11.6 Å². The fourth-order valence-electron chi connectivity index (χ4n) is 2.08. The van der Waals surface area contributed by atoms with Gasteiger partial charge in [-0.25, -0.2) is 0 Å². The van der Waals surface area contributed by atoms with Crippen LogP contribution in [0.15, 0.2) is 60.2 Å². The zero-order valence-corrected chi connectivity index (χ0v) is 14.0. The van der Waals surface area contributed by atoms with Crippen LogP contribution in [0.4, 0.5) is 5.69 Å². The van der Waals surface area contributed by atoms with Crippen LogP contribution in [-0.4, -0.2) is 21.0 Å². The molecule has 0 aromatic heterocycles. The normalized spacial score (nSPS) is 11.1. The number of non-ortho nitro benzene ring substituents is 1. The molecule has 2 aromatic carbocycles. The first-order chi connectivity index (χ1) is 12.9. The molecular weight excluding hydrogens is 350 g/mol. The number of carbonyl (C=O) groups is 1. The molecule has 0 atom stereocenters. The van der Waals surface area contributed by atoms with Crippen molar-refractivity contribution in [2.24, 2.45) is 0 Å². The quantitative estimate of drug-likeness (QED) is 0.180. The molecule has 2 aromatic rings. The average molecular weight is 365 g/mol. The number of aromatic hydroxyl groups is 2. The Balaban J connectivity index is 1.99.